The monoisotopic (exact) mass is 448 g/mol. The highest BCUT2D eigenvalue weighted by Crippen LogP contribution is 2.19. The molecule has 0 fully saturated rings. The predicted octanol–water partition coefficient (Wildman–Crippen LogP) is 4.73. The highest BCUT2D eigenvalue weighted by molar-refractivity contribution is 6.34. The van der Waals surface area contributed by atoms with E-state index in [1.165, 1.54) is 6.07 Å². The molecule has 0 spiro atoms. The molecule has 0 aliphatic rings. The molecule has 1 aromatic heterocycles. The van der Waals surface area contributed by atoms with Crippen molar-refractivity contribution in [3.63, 3.8) is 0 Å². The van der Waals surface area contributed by atoms with Crippen LogP contribution in [0.3, 0.4) is 0 Å². The van der Waals surface area contributed by atoms with E-state index in [2.05, 4.69) is 20.6 Å². The van der Waals surface area contributed by atoms with Crippen LogP contribution in [0.1, 0.15) is 15.9 Å². The van der Waals surface area contributed by atoms with Gasteiger partial charge in [-0.25, -0.2) is 4.99 Å². The Balaban J connectivity index is 1.84. The van der Waals surface area contributed by atoms with Crippen LogP contribution in [0.4, 0.5) is 5.82 Å². The average Bonchev–Trinajstić information content (AvgIpc) is 2.66. The summed E-state index contributed by atoms with van der Waals surface area (Å²) in [6, 6.07) is 16.1. The van der Waals surface area contributed by atoms with Crippen LogP contribution < -0.4 is 16.2 Å². The van der Waals surface area contributed by atoms with Gasteiger partial charge in [0.25, 0.3) is 5.91 Å². The molecule has 3 N–H and O–H groups in total. The van der Waals surface area contributed by atoms with Crippen molar-refractivity contribution in [3.05, 3.63) is 97.2 Å². The van der Waals surface area contributed by atoms with Gasteiger partial charge in [-0.3, -0.25) is 14.9 Å². The number of hydrogen-bond donors (Lipinski definition) is 3. The minimum Gasteiger partial charge on any atom is -0.312 e. The number of nitrogens with zero attached hydrogens (tertiary/aromatic N) is 1. The fourth-order valence-corrected chi connectivity index (χ4v) is 3.11. The second kappa shape index (κ2) is 9.60. The van der Waals surface area contributed by atoms with Gasteiger partial charge in [0.1, 0.15) is 5.82 Å². The first-order valence-corrected chi connectivity index (χ1v) is 9.55. The van der Waals surface area contributed by atoms with E-state index in [4.69, 9.17) is 34.8 Å². The van der Waals surface area contributed by atoms with Gasteiger partial charge < -0.3 is 10.3 Å². The number of nitrogens with one attached hydrogen (secondary N) is 3. The molecule has 29 heavy (non-hydrogen) atoms. The number of aromatic nitrogens is 1. The van der Waals surface area contributed by atoms with Crippen LogP contribution in [0.2, 0.25) is 15.1 Å². The molecule has 1 amide bonds. The Kier molecular flexibility index (Phi) is 6.93. The average molecular weight is 450 g/mol. The molecule has 0 bridgehead atoms. The van der Waals surface area contributed by atoms with Crippen molar-refractivity contribution in [3.8, 4) is 0 Å². The Morgan fingerprint density at radius 3 is 2.28 bits per heavy atom. The molecule has 3 rings (SSSR count). The maximum Gasteiger partial charge on any atom is 0.257 e. The summed E-state index contributed by atoms with van der Waals surface area (Å²) in [5.74, 6) is 0.120. The molecule has 0 aliphatic heterocycles. The van der Waals surface area contributed by atoms with Crippen molar-refractivity contribution in [2.75, 3.05) is 5.32 Å². The highest BCUT2D eigenvalue weighted by Gasteiger charge is 2.10. The lowest BCUT2D eigenvalue weighted by molar-refractivity contribution is 0.0977. The number of anilines is 1. The number of carbonyl (C=O) groups is 1. The molecule has 6 nitrogen and oxygen atoms in total. The zero-order valence-corrected chi connectivity index (χ0v) is 17.1. The van der Waals surface area contributed by atoms with Gasteiger partial charge in [0, 0.05) is 26.7 Å². The van der Waals surface area contributed by atoms with E-state index in [1.807, 2.05) is 0 Å². The SMILES string of the molecule is O=C(NC(=NCc1cc(Cl)cc(Cl)c1)Nc1cccc(=O)[nH]1)c1ccc(Cl)cc1. The largest absolute Gasteiger partial charge is 0.312 e. The molecule has 0 radical (unpaired) electrons. The Morgan fingerprint density at radius 2 is 1.62 bits per heavy atom. The van der Waals surface area contributed by atoms with Crippen molar-refractivity contribution in [2.24, 2.45) is 4.99 Å². The van der Waals surface area contributed by atoms with Gasteiger partial charge in [-0.15, -0.1) is 0 Å². The van der Waals surface area contributed by atoms with Crippen molar-refractivity contribution in [1.29, 1.82) is 0 Å². The molecule has 148 valence electrons. The number of halogens is 3. The molecule has 9 heteroatoms. The number of hydrogen-bond acceptors (Lipinski definition) is 3. The first kappa shape index (κ1) is 20.9. The first-order chi connectivity index (χ1) is 13.9. The van der Waals surface area contributed by atoms with Crippen LogP contribution in [0, 0.1) is 0 Å². The summed E-state index contributed by atoms with van der Waals surface area (Å²) in [5.41, 5.74) is 0.861. The molecule has 0 atom stereocenters. The number of rotatable bonds is 4. The van der Waals surface area contributed by atoms with Gasteiger partial charge in [-0.2, -0.15) is 0 Å². The van der Waals surface area contributed by atoms with Crippen molar-refractivity contribution < 1.29 is 4.79 Å². The summed E-state index contributed by atoms with van der Waals surface area (Å²) in [4.78, 5) is 31.1. The molecular formula is C20H15Cl3N4O2. The van der Waals surface area contributed by atoms with E-state index in [1.54, 1.807) is 54.6 Å². The van der Waals surface area contributed by atoms with E-state index in [0.29, 0.717) is 26.4 Å². The second-order valence-corrected chi connectivity index (χ2v) is 7.27. The van der Waals surface area contributed by atoms with Crippen LogP contribution in [0.5, 0.6) is 0 Å². The van der Waals surface area contributed by atoms with E-state index in [-0.39, 0.29) is 18.1 Å². The predicted molar refractivity (Wildman–Crippen MR) is 117 cm³/mol. The zero-order valence-electron chi connectivity index (χ0n) is 14.9. The normalized spacial score (nSPS) is 11.2. The number of aliphatic imine (C=N–C) groups is 1. The van der Waals surface area contributed by atoms with Crippen LogP contribution in [0.15, 0.2) is 70.5 Å². The fraction of sp³-hybridized carbons (Fsp3) is 0.0500. The molecule has 0 saturated carbocycles. The van der Waals surface area contributed by atoms with Crippen LogP contribution in [-0.4, -0.2) is 16.9 Å². The first-order valence-electron chi connectivity index (χ1n) is 8.42. The van der Waals surface area contributed by atoms with Crippen molar-refractivity contribution >= 4 is 52.5 Å². The van der Waals surface area contributed by atoms with Gasteiger partial charge in [-0.05, 0) is 54.1 Å². The molecule has 0 unspecified atom stereocenters. The smallest absolute Gasteiger partial charge is 0.257 e. The third kappa shape index (κ3) is 6.35. The highest BCUT2D eigenvalue weighted by atomic mass is 35.5. The number of amides is 1. The topological polar surface area (TPSA) is 86.3 Å². The minimum absolute atomic E-state index is 0.142. The summed E-state index contributed by atoms with van der Waals surface area (Å²) in [6.07, 6.45) is 0. The number of pyridine rings is 1. The molecule has 2 aromatic carbocycles. The minimum atomic E-state index is -0.393. The van der Waals surface area contributed by atoms with Gasteiger partial charge in [0.15, 0.2) is 0 Å². The molecule has 1 heterocycles. The van der Waals surface area contributed by atoms with Gasteiger partial charge >= 0.3 is 0 Å². The van der Waals surface area contributed by atoms with Gasteiger partial charge in [0.2, 0.25) is 11.5 Å². The van der Waals surface area contributed by atoms with Gasteiger partial charge in [0.05, 0.1) is 6.54 Å². The summed E-state index contributed by atoms with van der Waals surface area (Å²) in [7, 11) is 0. The van der Waals surface area contributed by atoms with E-state index in [0.717, 1.165) is 5.56 Å². The molecule has 3 aromatic rings. The number of benzene rings is 2. The second-order valence-electron chi connectivity index (χ2n) is 5.96. The number of guanidine groups is 1. The summed E-state index contributed by atoms with van der Waals surface area (Å²) >= 11 is 17.9. The Hall–Kier alpha value is -2.80. The van der Waals surface area contributed by atoms with Crippen LogP contribution in [-0.2, 0) is 6.54 Å². The number of carbonyl (C=O) groups excluding carboxylic acids is 1. The lowest BCUT2D eigenvalue weighted by atomic mass is 10.2. The van der Waals surface area contributed by atoms with Crippen LogP contribution >= 0.6 is 34.8 Å². The van der Waals surface area contributed by atoms with E-state index >= 15 is 0 Å². The molecule has 0 saturated heterocycles. The Labute approximate surface area is 181 Å². The lowest BCUT2D eigenvalue weighted by Crippen LogP contribution is -2.36. The number of aromatic amines is 1. The Morgan fingerprint density at radius 1 is 0.931 bits per heavy atom. The van der Waals surface area contributed by atoms with Gasteiger partial charge in [-0.1, -0.05) is 40.9 Å². The maximum absolute atomic E-state index is 12.6. The van der Waals surface area contributed by atoms with Crippen molar-refractivity contribution in [1.82, 2.24) is 10.3 Å². The number of H-pyrrole nitrogens is 1. The van der Waals surface area contributed by atoms with Crippen molar-refractivity contribution in [2.45, 2.75) is 6.54 Å². The quantitative estimate of drug-likeness (QED) is 0.397. The summed E-state index contributed by atoms with van der Waals surface area (Å²) in [6.45, 7) is 0.195. The third-order valence-electron chi connectivity index (χ3n) is 3.70. The standard InChI is InChI=1S/C20H15Cl3N4O2/c21-14-6-4-13(5-7-14)19(29)27-20(26-17-2-1-3-18(28)25-17)24-11-12-8-15(22)10-16(23)9-12/h1-10H,11H2,(H3,24,25,26,27,28,29). The summed E-state index contributed by atoms with van der Waals surface area (Å²) < 4.78 is 0. The zero-order chi connectivity index (χ0) is 20.8. The molecular weight excluding hydrogens is 435 g/mol. The lowest BCUT2D eigenvalue weighted by Gasteiger charge is -2.12. The Bertz CT molecular complexity index is 1090. The molecule has 0 aliphatic carbocycles. The van der Waals surface area contributed by atoms with E-state index < -0.39 is 5.91 Å². The van der Waals surface area contributed by atoms with E-state index in [9.17, 15) is 9.59 Å². The van der Waals surface area contributed by atoms with Crippen LogP contribution in [0.25, 0.3) is 0 Å². The third-order valence-corrected chi connectivity index (χ3v) is 4.39. The summed E-state index contributed by atoms with van der Waals surface area (Å²) in [5, 5.41) is 7.08. The maximum atomic E-state index is 12.6. The fourth-order valence-electron chi connectivity index (χ4n) is 2.41.